The van der Waals surface area contributed by atoms with Crippen LogP contribution in [0.2, 0.25) is 0 Å². The zero-order chi connectivity index (χ0) is 14.0. The quantitative estimate of drug-likeness (QED) is 0.543. The third-order valence-corrected chi connectivity index (χ3v) is 3.17. The van der Waals surface area contributed by atoms with Crippen LogP contribution in [0.3, 0.4) is 0 Å². The average molecular weight is 290 g/mol. The average Bonchev–Trinajstić information content (AvgIpc) is 2.56. The minimum Gasteiger partial charge on any atom is -0.383 e. The van der Waals surface area contributed by atoms with Gasteiger partial charge < -0.3 is 14.5 Å². The van der Waals surface area contributed by atoms with Gasteiger partial charge in [-0.05, 0) is 0 Å². The third-order valence-electron chi connectivity index (χ3n) is 2.18. The lowest BCUT2D eigenvalue weighted by Crippen LogP contribution is -2.44. The van der Waals surface area contributed by atoms with E-state index in [2.05, 4.69) is 4.18 Å². The fraction of sp³-hybridized carbons (Fsp3) is 0.750. The largest absolute Gasteiger partial charge is 0.523 e. The van der Waals surface area contributed by atoms with Crippen molar-refractivity contribution in [2.24, 2.45) is 0 Å². The fourth-order valence-corrected chi connectivity index (χ4v) is 1.83. The summed E-state index contributed by atoms with van der Waals surface area (Å²) < 4.78 is 67.4. The number of hydrogen-bond donors (Lipinski definition) is 0. The SMILES string of the molecule is COCCN1C=CN(C)C1OS(=O)(=O)C(F)(F)F. The summed E-state index contributed by atoms with van der Waals surface area (Å²) in [5.41, 5.74) is -5.44. The highest BCUT2D eigenvalue weighted by molar-refractivity contribution is 7.87. The summed E-state index contributed by atoms with van der Waals surface area (Å²) >= 11 is 0. The first-order valence-corrected chi connectivity index (χ1v) is 6.24. The van der Waals surface area contributed by atoms with Crippen LogP contribution in [0, 0.1) is 0 Å². The van der Waals surface area contributed by atoms with Gasteiger partial charge in [0.2, 0.25) is 6.35 Å². The van der Waals surface area contributed by atoms with E-state index >= 15 is 0 Å². The van der Waals surface area contributed by atoms with Gasteiger partial charge in [0.15, 0.2) is 0 Å². The summed E-state index contributed by atoms with van der Waals surface area (Å²) in [6, 6.07) is 0. The standard InChI is InChI=1S/C8H13F3N2O4S/c1-12-3-4-13(5-6-16-2)7(12)17-18(14,15)8(9,10)11/h3-4,7H,5-6H2,1-2H3. The van der Waals surface area contributed by atoms with E-state index in [1.807, 2.05) is 0 Å². The summed E-state index contributed by atoms with van der Waals surface area (Å²) in [6.45, 7) is 0.430. The fourth-order valence-electron chi connectivity index (χ4n) is 1.24. The van der Waals surface area contributed by atoms with Gasteiger partial charge in [-0.1, -0.05) is 0 Å². The Morgan fingerprint density at radius 2 is 1.94 bits per heavy atom. The van der Waals surface area contributed by atoms with E-state index < -0.39 is 22.0 Å². The predicted octanol–water partition coefficient (Wildman–Crippen LogP) is 0.501. The van der Waals surface area contributed by atoms with E-state index in [0.717, 1.165) is 0 Å². The van der Waals surface area contributed by atoms with Crippen molar-refractivity contribution in [3.05, 3.63) is 12.4 Å². The summed E-state index contributed by atoms with van der Waals surface area (Å²) in [5, 5.41) is 0. The first-order valence-electron chi connectivity index (χ1n) is 4.83. The molecule has 1 unspecified atom stereocenters. The summed E-state index contributed by atoms with van der Waals surface area (Å²) in [5.74, 6) is 0. The zero-order valence-corrected chi connectivity index (χ0v) is 10.5. The third kappa shape index (κ3) is 3.27. The van der Waals surface area contributed by atoms with Crippen molar-refractivity contribution >= 4 is 10.1 Å². The van der Waals surface area contributed by atoms with E-state index in [0.29, 0.717) is 0 Å². The topological polar surface area (TPSA) is 59.1 Å². The molecule has 106 valence electrons. The molecule has 1 aliphatic heterocycles. The number of ether oxygens (including phenoxy) is 1. The maximum Gasteiger partial charge on any atom is 0.523 e. The molecule has 1 heterocycles. The highest BCUT2D eigenvalue weighted by Gasteiger charge is 2.50. The molecule has 0 aliphatic carbocycles. The van der Waals surface area contributed by atoms with Crippen molar-refractivity contribution in [3.63, 3.8) is 0 Å². The van der Waals surface area contributed by atoms with Gasteiger partial charge in [0, 0.05) is 33.1 Å². The first-order chi connectivity index (χ1) is 8.19. The molecule has 0 aromatic heterocycles. The number of methoxy groups -OCH3 is 1. The molecule has 10 heteroatoms. The second kappa shape index (κ2) is 5.33. The van der Waals surface area contributed by atoms with Crippen LogP contribution in [-0.2, 0) is 19.0 Å². The number of nitrogens with zero attached hydrogens (tertiary/aromatic N) is 2. The summed E-state index contributed by atoms with van der Waals surface area (Å²) in [6.07, 6.45) is 1.48. The minimum absolute atomic E-state index is 0.204. The second-order valence-corrected chi connectivity index (χ2v) is 5.08. The second-order valence-electron chi connectivity index (χ2n) is 3.52. The molecule has 0 amide bonds. The Kier molecular flexibility index (Phi) is 4.46. The monoisotopic (exact) mass is 290 g/mol. The Labute approximate surface area is 103 Å². The Hall–Kier alpha value is -1.00. The molecule has 6 nitrogen and oxygen atoms in total. The van der Waals surface area contributed by atoms with Crippen LogP contribution in [0.5, 0.6) is 0 Å². The van der Waals surface area contributed by atoms with Crippen LogP contribution < -0.4 is 0 Å². The van der Waals surface area contributed by atoms with Crippen molar-refractivity contribution in [3.8, 4) is 0 Å². The predicted molar refractivity (Wildman–Crippen MR) is 55.3 cm³/mol. The van der Waals surface area contributed by atoms with Crippen LogP contribution in [0.1, 0.15) is 0 Å². The molecule has 1 atom stereocenters. The van der Waals surface area contributed by atoms with E-state index in [4.69, 9.17) is 4.74 Å². The molecule has 0 saturated heterocycles. The molecular formula is C8H13F3N2O4S. The molecular weight excluding hydrogens is 277 g/mol. The van der Waals surface area contributed by atoms with Gasteiger partial charge in [-0.2, -0.15) is 21.6 Å². The number of rotatable bonds is 5. The molecule has 0 spiro atoms. The Morgan fingerprint density at radius 3 is 2.44 bits per heavy atom. The van der Waals surface area contributed by atoms with E-state index in [1.165, 1.54) is 36.4 Å². The minimum atomic E-state index is -5.64. The number of hydrogen-bond acceptors (Lipinski definition) is 6. The van der Waals surface area contributed by atoms with Crippen LogP contribution in [0.25, 0.3) is 0 Å². The summed E-state index contributed by atoms with van der Waals surface area (Å²) in [7, 11) is -2.81. The molecule has 18 heavy (non-hydrogen) atoms. The molecule has 0 radical (unpaired) electrons. The van der Waals surface area contributed by atoms with Crippen molar-refractivity contribution in [2.75, 3.05) is 27.3 Å². The van der Waals surface area contributed by atoms with Gasteiger partial charge in [0.1, 0.15) is 0 Å². The number of alkyl halides is 3. The zero-order valence-electron chi connectivity index (χ0n) is 9.72. The Bertz CT molecular complexity index is 409. The molecule has 0 N–H and O–H groups in total. The molecule has 0 aromatic rings. The Balaban J connectivity index is 2.76. The van der Waals surface area contributed by atoms with Gasteiger partial charge in [0.05, 0.1) is 6.61 Å². The normalized spacial score (nSPS) is 20.8. The van der Waals surface area contributed by atoms with Gasteiger partial charge in [-0.25, -0.2) is 4.18 Å². The molecule has 1 aliphatic rings. The van der Waals surface area contributed by atoms with Crippen molar-refractivity contribution in [2.45, 2.75) is 11.9 Å². The van der Waals surface area contributed by atoms with E-state index in [-0.39, 0.29) is 13.2 Å². The first kappa shape index (κ1) is 15.1. The van der Waals surface area contributed by atoms with Crippen molar-refractivity contribution in [1.29, 1.82) is 0 Å². The van der Waals surface area contributed by atoms with Crippen LogP contribution >= 0.6 is 0 Å². The molecule has 0 bridgehead atoms. The molecule has 0 saturated carbocycles. The smallest absolute Gasteiger partial charge is 0.383 e. The lowest BCUT2D eigenvalue weighted by molar-refractivity contribution is -0.0783. The highest BCUT2D eigenvalue weighted by atomic mass is 32.2. The van der Waals surface area contributed by atoms with Crippen LogP contribution in [0.15, 0.2) is 12.4 Å². The van der Waals surface area contributed by atoms with Crippen LogP contribution in [-0.4, -0.2) is 57.4 Å². The van der Waals surface area contributed by atoms with E-state index in [9.17, 15) is 21.6 Å². The lowest BCUT2D eigenvalue weighted by atomic mass is 10.6. The molecule has 1 rings (SSSR count). The summed E-state index contributed by atoms with van der Waals surface area (Å²) in [4.78, 5) is 2.49. The lowest BCUT2D eigenvalue weighted by Gasteiger charge is -2.29. The van der Waals surface area contributed by atoms with Crippen LogP contribution in [0.4, 0.5) is 13.2 Å². The van der Waals surface area contributed by atoms with Gasteiger partial charge in [-0.15, -0.1) is 0 Å². The highest BCUT2D eigenvalue weighted by Crippen LogP contribution is 2.28. The number of halogens is 3. The maximum absolute atomic E-state index is 12.2. The van der Waals surface area contributed by atoms with Crippen molar-refractivity contribution < 1.29 is 30.5 Å². The molecule has 0 fully saturated rings. The van der Waals surface area contributed by atoms with Crippen molar-refractivity contribution in [1.82, 2.24) is 9.80 Å². The Morgan fingerprint density at radius 1 is 1.33 bits per heavy atom. The van der Waals surface area contributed by atoms with Gasteiger partial charge >= 0.3 is 15.6 Å². The van der Waals surface area contributed by atoms with Gasteiger partial charge in [-0.3, -0.25) is 0 Å². The van der Waals surface area contributed by atoms with E-state index in [1.54, 1.807) is 0 Å². The maximum atomic E-state index is 12.2. The molecule has 0 aromatic carbocycles. The van der Waals surface area contributed by atoms with Gasteiger partial charge in [0.25, 0.3) is 0 Å².